The highest BCUT2D eigenvalue weighted by atomic mass is 35.5. The second kappa shape index (κ2) is 6.29. The van der Waals surface area contributed by atoms with Gasteiger partial charge in [-0.05, 0) is 36.4 Å². The number of hydrogen-bond donors (Lipinski definition) is 2. The van der Waals surface area contributed by atoms with Gasteiger partial charge in [0.15, 0.2) is 0 Å². The summed E-state index contributed by atoms with van der Waals surface area (Å²) in [5.41, 5.74) is 7.01. The Hall–Kier alpha value is -2.60. The van der Waals surface area contributed by atoms with Crippen LogP contribution in [-0.2, 0) is 0 Å². The van der Waals surface area contributed by atoms with Gasteiger partial charge in [-0.25, -0.2) is 9.38 Å². The van der Waals surface area contributed by atoms with Crippen molar-refractivity contribution in [2.45, 2.75) is 18.5 Å². The molecule has 0 aliphatic carbocycles. The van der Waals surface area contributed by atoms with Gasteiger partial charge in [0.2, 0.25) is 0 Å². The molecule has 1 saturated heterocycles. The van der Waals surface area contributed by atoms with Crippen molar-refractivity contribution in [2.75, 3.05) is 18.4 Å². The van der Waals surface area contributed by atoms with Gasteiger partial charge in [0, 0.05) is 42.2 Å². The number of rotatable bonds is 1. The first kappa shape index (κ1) is 16.8. The number of carbonyl (C=O) groups is 1. The lowest BCUT2D eigenvalue weighted by molar-refractivity contribution is 0.0685. The van der Waals surface area contributed by atoms with Gasteiger partial charge in [-0.3, -0.25) is 4.79 Å². The fourth-order valence-electron chi connectivity index (χ4n) is 3.55. The number of nitrogens with one attached hydrogen (secondary N) is 1. The van der Waals surface area contributed by atoms with E-state index >= 15 is 0 Å². The first-order valence-electron chi connectivity index (χ1n) is 8.45. The lowest BCUT2D eigenvalue weighted by atomic mass is 9.93. The largest absolute Gasteiger partial charge is 0.383 e. The molecule has 2 aliphatic heterocycles. The number of hydrogen-bond acceptors (Lipinski definition) is 4. The Morgan fingerprint density at radius 2 is 1.88 bits per heavy atom. The van der Waals surface area contributed by atoms with Crippen LogP contribution in [0.2, 0.25) is 5.02 Å². The number of carbonyl (C=O) groups excluding carboxylic acids is 1. The van der Waals surface area contributed by atoms with Crippen LogP contribution in [0.3, 0.4) is 0 Å². The monoisotopic (exact) mass is 372 g/mol. The van der Waals surface area contributed by atoms with E-state index in [2.05, 4.69) is 10.3 Å². The molecule has 2 heterocycles. The van der Waals surface area contributed by atoms with Gasteiger partial charge in [-0.2, -0.15) is 0 Å². The van der Waals surface area contributed by atoms with Gasteiger partial charge in [-0.15, -0.1) is 0 Å². The molecule has 2 aromatic carbocycles. The number of piperidine rings is 1. The SMILES string of the molecule is NC1=NC2(CCN(C(=O)c3ccc(Cl)cc3)CC2)Nc2cccc(F)c21. The second-order valence-corrected chi connectivity index (χ2v) is 7.05. The molecular weight excluding hydrogens is 355 g/mol. The highest BCUT2D eigenvalue weighted by Crippen LogP contribution is 2.35. The summed E-state index contributed by atoms with van der Waals surface area (Å²) < 4.78 is 14.0. The molecule has 134 valence electrons. The minimum absolute atomic E-state index is 0.0317. The molecule has 26 heavy (non-hydrogen) atoms. The summed E-state index contributed by atoms with van der Waals surface area (Å²) in [5.74, 6) is -0.216. The number of nitrogens with zero attached hydrogens (tertiary/aromatic N) is 2. The number of fused-ring (bicyclic) bond motifs is 1. The maximum atomic E-state index is 14.0. The van der Waals surface area contributed by atoms with Crippen molar-refractivity contribution >= 4 is 29.0 Å². The van der Waals surface area contributed by atoms with E-state index in [4.69, 9.17) is 17.3 Å². The predicted octanol–water partition coefficient (Wildman–Crippen LogP) is 3.24. The maximum Gasteiger partial charge on any atom is 0.253 e. The zero-order chi connectivity index (χ0) is 18.3. The molecule has 0 atom stereocenters. The van der Waals surface area contributed by atoms with Crippen molar-refractivity contribution in [3.8, 4) is 0 Å². The fourth-order valence-corrected chi connectivity index (χ4v) is 3.67. The van der Waals surface area contributed by atoms with Crippen molar-refractivity contribution in [1.82, 2.24) is 4.90 Å². The van der Waals surface area contributed by atoms with Crippen molar-refractivity contribution in [2.24, 2.45) is 10.7 Å². The highest BCUT2D eigenvalue weighted by Gasteiger charge is 2.39. The van der Waals surface area contributed by atoms with Gasteiger partial charge in [0.05, 0.1) is 5.56 Å². The topological polar surface area (TPSA) is 70.7 Å². The number of amidine groups is 1. The third kappa shape index (κ3) is 2.90. The van der Waals surface area contributed by atoms with Gasteiger partial charge in [-0.1, -0.05) is 17.7 Å². The first-order valence-corrected chi connectivity index (χ1v) is 8.82. The lowest BCUT2D eigenvalue weighted by Crippen LogP contribution is -2.52. The number of aliphatic imine (C=N–C) groups is 1. The summed E-state index contributed by atoms with van der Waals surface area (Å²) in [4.78, 5) is 19.0. The maximum absolute atomic E-state index is 14.0. The number of benzene rings is 2. The number of anilines is 1. The molecule has 5 nitrogen and oxygen atoms in total. The summed E-state index contributed by atoms with van der Waals surface area (Å²) in [5, 5.41) is 3.93. The smallest absolute Gasteiger partial charge is 0.253 e. The van der Waals surface area contributed by atoms with E-state index in [9.17, 15) is 9.18 Å². The van der Waals surface area contributed by atoms with Crippen LogP contribution in [0.25, 0.3) is 0 Å². The quantitative estimate of drug-likeness (QED) is 0.807. The van der Waals surface area contributed by atoms with Crippen molar-refractivity contribution < 1.29 is 9.18 Å². The van der Waals surface area contributed by atoms with E-state index in [1.807, 2.05) is 0 Å². The van der Waals surface area contributed by atoms with Crippen LogP contribution in [-0.4, -0.2) is 35.4 Å². The van der Waals surface area contributed by atoms with Crippen LogP contribution in [0.1, 0.15) is 28.8 Å². The van der Waals surface area contributed by atoms with Gasteiger partial charge < -0.3 is 16.0 Å². The second-order valence-electron chi connectivity index (χ2n) is 6.62. The fraction of sp³-hybridized carbons (Fsp3) is 0.263. The minimum atomic E-state index is -0.596. The van der Waals surface area contributed by atoms with E-state index < -0.39 is 5.66 Å². The molecule has 2 aliphatic rings. The predicted molar refractivity (Wildman–Crippen MR) is 100 cm³/mol. The standard InChI is InChI=1S/C19H18ClFN4O/c20-13-6-4-12(5-7-13)18(26)25-10-8-19(9-11-25)23-15-3-1-2-14(21)16(15)17(22)24-19/h1-7,23H,8-11H2,(H2,22,24). The molecular formula is C19H18ClFN4O. The third-order valence-electron chi connectivity index (χ3n) is 4.94. The summed E-state index contributed by atoms with van der Waals surface area (Å²) in [6.45, 7) is 1.08. The van der Waals surface area contributed by atoms with Crippen molar-refractivity contribution in [3.63, 3.8) is 0 Å². The zero-order valence-electron chi connectivity index (χ0n) is 14.0. The van der Waals surface area contributed by atoms with Crippen LogP contribution in [0.15, 0.2) is 47.5 Å². The molecule has 0 aromatic heterocycles. The molecule has 0 radical (unpaired) electrons. The lowest BCUT2D eigenvalue weighted by Gasteiger charge is -2.42. The number of halogens is 2. The summed E-state index contributed by atoms with van der Waals surface area (Å²) in [6.07, 6.45) is 1.20. The molecule has 2 aromatic rings. The Kier molecular flexibility index (Phi) is 4.07. The van der Waals surface area contributed by atoms with Crippen LogP contribution in [0, 0.1) is 5.82 Å². The molecule has 1 spiro atoms. The van der Waals surface area contributed by atoms with Crippen molar-refractivity contribution in [1.29, 1.82) is 0 Å². The number of likely N-dealkylation sites (tertiary alicyclic amines) is 1. The van der Waals surface area contributed by atoms with Crippen LogP contribution >= 0.6 is 11.6 Å². The van der Waals surface area contributed by atoms with Crippen molar-refractivity contribution in [3.05, 3.63) is 64.4 Å². The van der Waals surface area contributed by atoms with E-state index in [1.165, 1.54) is 6.07 Å². The Morgan fingerprint density at radius 1 is 1.19 bits per heavy atom. The minimum Gasteiger partial charge on any atom is -0.383 e. The van der Waals surface area contributed by atoms with Gasteiger partial charge in [0.1, 0.15) is 17.3 Å². The molecule has 7 heteroatoms. The third-order valence-corrected chi connectivity index (χ3v) is 5.19. The van der Waals surface area contributed by atoms with Gasteiger partial charge >= 0.3 is 0 Å². The zero-order valence-corrected chi connectivity index (χ0v) is 14.8. The Morgan fingerprint density at radius 3 is 2.58 bits per heavy atom. The first-order chi connectivity index (χ1) is 12.5. The summed E-state index contributed by atoms with van der Waals surface area (Å²) in [7, 11) is 0. The molecule has 0 unspecified atom stereocenters. The van der Waals surface area contributed by atoms with Crippen LogP contribution in [0.5, 0.6) is 0 Å². The summed E-state index contributed by atoms with van der Waals surface area (Å²) >= 11 is 5.88. The highest BCUT2D eigenvalue weighted by molar-refractivity contribution is 6.30. The number of amides is 1. The van der Waals surface area contributed by atoms with E-state index in [0.717, 1.165) is 0 Å². The van der Waals surface area contributed by atoms with E-state index in [0.29, 0.717) is 47.8 Å². The summed E-state index contributed by atoms with van der Waals surface area (Å²) in [6, 6.07) is 11.7. The van der Waals surface area contributed by atoms with Crippen LogP contribution in [0.4, 0.5) is 10.1 Å². The molecule has 1 amide bonds. The number of nitrogens with two attached hydrogens (primary N) is 1. The van der Waals surface area contributed by atoms with E-state index in [1.54, 1.807) is 41.3 Å². The molecule has 0 bridgehead atoms. The van der Waals surface area contributed by atoms with Crippen LogP contribution < -0.4 is 11.1 Å². The van der Waals surface area contributed by atoms with E-state index in [-0.39, 0.29) is 17.6 Å². The van der Waals surface area contributed by atoms with Gasteiger partial charge in [0.25, 0.3) is 5.91 Å². The molecule has 4 rings (SSSR count). The Labute approximate surface area is 155 Å². The molecule has 1 fully saturated rings. The molecule has 0 saturated carbocycles. The average molecular weight is 373 g/mol. The normalized spacial score (nSPS) is 18.1. The Balaban J connectivity index is 1.51. The average Bonchev–Trinajstić information content (AvgIpc) is 2.62. The Bertz CT molecular complexity index is 889. The molecule has 3 N–H and O–H groups in total.